The van der Waals surface area contributed by atoms with Gasteiger partial charge in [-0.15, -0.1) is 0 Å². The third-order valence-electron chi connectivity index (χ3n) is 7.20. The van der Waals surface area contributed by atoms with E-state index in [1.807, 2.05) is 48.5 Å². The van der Waals surface area contributed by atoms with Gasteiger partial charge in [-0.25, -0.2) is 4.98 Å². The van der Waals surface area contributed by atoms with Crippen LogP contribution in [0.4, 0.5) is 0 Å². The largest absolute Gasteiger partial charge is 0.471 e. The quantitative estimate of drug-likeness (QED) is 0.294. The van der Waals surface area contributed by atoms with Gasteiger partial charge in [0.15, 0.2) is 0 Å². The second-order valence-electron chi connectivity index (χ2n) is 9.73. The highest BCUT2D eigenvalue weighted by atomic mass is 79.9. The molecule has 0 radical (unpaired) electrons. The normalized spacial score (nSPS) is 18.4. The van der Waals surface area contributed by atoms with Crippen LogP contribution in [-0.2, 0) is 4.79 Å². The van der Waals surface area contributed by atoms with Crippen LogP contribution in [0.1, 0.15) is 63.0 Å². The number of halogens is 3. The minimum atomic E-state index is -0.300. The van der Waals surface area contributed by atoms with Crippen molar-refractivity contribution in [2.24, 2.45) is 0 Å². The highest BCUT2D eigenvalue weighted by molar-refractivity contribution is 9.09. The topological polar surface area (TPSA) is 51.2 Å². The van der Waals surface area contributed by atoms with Crippen molar-refractivity contribution in [1.82, 2.24) is 10.3 Å². The minimum Gasteiger partial charge on any atom is -0.471 e. The van der Waals surface area contributed by atoms with E-state index in [4.69, 9.17) is 32.9 Å². The summed E-state index contributed by atoms with van der Waals surface area (Å²) in [5.41, 5.74) is 4.13. The Labute approximate surface area is 230 Å². The predicted octanol–water partition coefficient (Wildman–Crippen LogP) is 8.54. The molecule has 2 aromatic carbocycles. The minimum absolute atomic E-state index is 0.0569. The molecule has 0 saturated heterocycles. The van der Waals surface area contributed by atoms with Crippen molar-refractivity contribution in [2.45, 2.75) is 63.0 Å². The van der Waals surface area contributed by atoms with Crippen LogP contribution < -0.4 is 10.1 Å². The van der Waals surface area contributed by atoms with Crippen molar-refractivity contribution >= 4 is 45.0 Å². The average Bonchev–Trinajstić information content (AvgIpc) is 2.88. The number of hydrogen-bond acceptors (Lipinski definition) is 3. The Kier molecular flexibility index (Phi) is 7.90. The van der Waals surface area contributed by atoms with Gasteiger partial charge in [0.05, 0.1) is 11.7 Å². The number of nitrogens with one attached hydrogen (secondary N) is 1. The number of nitrogens with zero attached hydrogens (tertiary/aromatic N) is 1. The molecule has 1 amide bonds. The number of alkyl halides is 1. The maximum absolute atomic E-state index is 12.9. The molecule has 1 unspecified atom stereocenters. The molecular weight excluding hydrogens is 559 g/mol. The van der Waals surface area contributed by atoms with E-state index >= 15 is 0 Å². The maximum Gasteiger partial charge on any atom is 0.220 e. The lowest BCUT2D eigenvalue weighted by Crippen LogP contribution is -2.46. The number of rotatable bonds is 6. The molecule has 2 heterocycles. The molecule has 5 rings (SSSR count). The molecule has 1 spiro atoms. The Morgan fingerprint density at radius 1 is 1.06 bits per heavy atom. The maximum atomic E-state index is 12.9. The van der Waals surface area contributed by atoms with E-state index in [0.29, 0.717) is 22.3 Å². The third kappa shape index (κ3) is 5.44. The summed E-state index contributed by atoms with van der Waals surface area (Å²) in [6.45, 7) is 0. The Morgan fingerprint density at radius 2 is 1.81 bits per heavy atom. The zero-order chi connectivity index (χ0) is 25.1. The molecule has 1 aliphatic carbocycles. The molecule has 1 atom stereocenters. The average molecular weight is 588 g/mol. The Bertz CT molecular complexity index is 1240. The number of ether oxygens (including phenoxy) is 1. The lowest BCUT2D eigenvalue weighted by Gasteiger charge is -2.44. The van der Waals surface area contributed by atoms with Crippen LogP contribution in [-0.4, -0.2) is 21.8 Å². The molecule has 36 heavy (non-hydrogen) atoms. The van der Waals surface area contributed by atoms with Gasteiger partial charge in [-0.1, -0.05) is 75.9 Å². The van der Waals surface area contributed by atoms with E-state index in [9.17, 15) is 4.79 Å². The fourth-order valence-corrected chi connectivity index (χ4v) is 6.04. The Balaban J connectivity index is 1.65. The van der Waals surface area contributed by atoms with Gasteiger partial charge in [-0.2, -0.15) is 0 Å². The fourth-order valence-electron chi connectivity index (χ4n) is 5.41. The zero-order valence-electron chi connectivity index (χ0n) is 20.0. The monoisotopic (exact) mass is 586 g/mol. The summed E-state index contributed by atoms with van der Waals surface area (Å²) in [6.07, 6.45) is 7.46. The van der Waals surface area contributed by atoms with Crippen LogP contribution in [0.3, 0.4) is 0 Å². The van der Waals surface area contributed by atoms with Crippen LogP contribution in [0.2, 0.25) is 10.0 Å². The molecule has 1 aliphatic heterocycles. The Morgan fingerprint density at radius 3 is 2.53 bits per heavy atom. The highest BCUT2D eigenvalue weighted by Gasteiger charge is 2.43. The van der Waals surface area contributed by atoms with Crippen LogP contribution in [0.5, 0.6) is 5.88 Å². The summed E-state index contributed by atoms with van der Waals surface area (Å²) in [7, 11) is 0. The number of carbonyl (C=O) groups is 1. The lowest BCUT2D eigenvalue weighted by atomic mass is 9.77. The lowest BCUT2D eigenvalue weighted by molar-refractivity contribution is -0.122. The number of carbonyl (C=O) groups excluding carboxylic acids is 1. The molecule has 1 fully saturated rings. The van der Waals surface area contributed by atoms with Crippen molar-refractivity contribution in [2.75, 3.05) is 5.33 Å². The zero-order valence-corrected chi connectivity index (χ0v) is 23.1. The molecule has 0 bridgehead atoms. The van der Waals surface area contributed by atoms with Crippen molar-refractivity contribution in [3.63, 3.8) is 0 Å². The van der Waals surface area contributed by atoms with Gasteiger partial charge >= 0.3 is 0 Å². The van der Waals surface area contributed by atoms with E-state index < -0.39 is 0 Å². The molecular formula is C29H29BrCl2N2O2. The first-order chi connectivity index (χ1) is 17.5. The van der Waals surface area contributed by atoms with Crippen LogP contribution in [0.15, 0.2) is 54.6 Å². The molecule has 1 aromatic heterocycles. The third-order valence-corrected chi connectivity index (χ3v) is 8.34. The van der Waals surface area contributed by atoms with Crippen LogP contribution in [0, 0.1) is 0 Å². The van der Waals surface area contributed by atoms with Gasteiger partial charge in [0.2, 0.25) is 11.8 Å². The molecule has 3 aromatic rings. The number of pyridine rings is 1. The molecule has 1 N–H and O–H groups in total. The van der Waals surface area contributed by atoms with Gasteiger partial charge in [-0.05, 0) is 61.9 Å². The summed E-state index contributed by atoms with van der Waals surface area (Å²) in [6, 6.07) is 17.4. The standard InChI is InChI=1S/C29H29BrCl2N2O2/c30-16-6-9-26(35)33-25-18-29(14-4-1-5-15-29)36-28-23(25)17-22(19-10-12-20(31)13-11-19)27(34-28)21-7-2-3-8-24(21)32/h2-3,7-8,10-13,17,25H,1,4-6,9,14-16,18H2,(H,33,35). The SMILES string of the molecule is O=C(CCCBr)NC1CC2(CCCCC2)Oc2nc(-c3ccccc3Cl)c(-c3ccc(Cl)cc3)cc21. The highest BCUT2D eigenvalue weighted by Crippen LogP contribution is 2.48. The number of amides is 1. The Hall–Kier alpha value is -2.08. The van der Waals surface area contributed by atoms with Crippen molar-refractivity contribution in [3.05, 3.63) is 70.2 Å². The smallest absolute Gasteiger partial charge is 0.220 e. The molecule has 2 aliphatic rings. The summed E-state index contributed by atoms with van der Waals surface area (Å²) >= 11 is 16.3. The van der Waals surface area contributed by atoms with Gasteiger partial charge in [0.1, 0.15) is 5.60 Å². The van der Waals surface area contributed by atoms with E-state index in [1.54, 1.807) is 0 Å². The second kappa shape index (κ2) is 11.1. The van der Waals surface area contributed by atoms with E-state index in [2.05, 4.69) is 27.3 Å². The number of benzene rings is 2. The summed E-state index contributed by atoms with van der Waals surface area (Å²) in [5, 5.41) is 5.41. The predicted molar refractivity (Wildman–Crippen MR) is 150 cm³/mol. The second-order valence-corrected chi connectivity index (χ2v) is 11.4. The van der Waals surface area contributed by atoms with E-state index in [0.717, 1.165) is 71.8 Å². The summed E-state index contributed by atoms with van der Waals surface area (Å²) in [5.74, 6) is 0.656. The fraction of sp³-hybridized carbons (Fsp3) is 0.379. The van der Waals surface area contributed by atoms with E-state index in [-0.39, 0.29) is 17.6 Å². The number of fused-ring (bicyclic) bond motifs is 1. The molecule has 7 heteroatoms. The van der Waals surface area contributed by atoms with Gasteiger partial charge in [0.25, 0.3) is 0 Å². The summed E-state index contributed by atoms with van der Waals surface area (Å²) < 4.78 is 6.73. The van der Waals surface area contributed by atoms with Gasteiger partial charge in [-0.3, -0.25) is 4.79 Å². The van der Waals surface area contributed by atoms with Crippen molar-refractivity contribution in [3.8, 4) is 28.3 Å². The first-order valence-corrected chi connectivity index (χ1v) is 14.5. The summed E-state index contributed by atoms with van der Waals surface area (Å²) in [4.78, 5) is 18.0. The first-order valence-electron chi connectivity index (χ1n) is 12.6. The van der Waals surface area contributed by atoms with E-state index in [1.165, 1.54) is 6.42 Å². The molecule has 4 nitrogen and oxygen atoms in total. The van der Waals surface area contributed by atoms with Gasteiger partial charge in [0, 0.05) is 44.9 Å². The van der Waals surface area contributed by atoms with Crippen LogP contribution in [0.25, 0.3) is 22.4 Å². The molecule has 1 saturated carbocycles. The first kappa shape index (κ1) is 25.6. The van der Waals surface area contributed by atoms with Gasteiger partial charge < -0.3 is 10.1 Å². The van der Waals surface area contributed by atoms with Crippen molar-refractivity contribution in [1.29, 1.82) is 0 Å². The number of hydrogen-bond donors (Lipinski definition) is 1. The number of aromatic nitrogens is 1. The van der Waals surface area contributed by atoms with Crippen LogP contribution >= 0.6 is 39.1 Å². The van der Waals surface area contributed by atoms with Crippen molar-refractivity contribution < 1.29 is 9.53 Å². The molecule has 188 valence electrons.